The third-order valence-electron chi connectivity index (χ3n) is 6.22. The van der Waals surface area contributed by atoms with Gasteiger partial charge in [0, 0.05) is 22.8 Å². The number of rotatable bonds is 5. The number of esters is 1. The predicted octanol–water partition coefficient (Wildman–Crippen LogP) is 5.17. The topological polar surface area (TPSA) is 89.9 Å². The van der Waals surface area contributed by atoms with E-state index < -0.39 is 5.97 Å². The summed E-state index contributed by atoms with van der Waals surface area (Å²) in [5.74, 6) is 0.657. The average molecular weight is 469 g/mol. The number of carbonyl (C=O) groups excluding carboxylic acids is 1. The first-order valence-corrected chi connectivity index (χ1v) is 11.8. The van der Waals surface area contributed by atoms with E-state index in [1.165, 1.54) is 12.7 Å². The molecule has 0 aliphatic heterocycles. The predicted molar refractivity (Wildman–Crippen MR) is 132 cm³/mol. The fourth-order valence-corrected chi connectivity index (χ4v) is 4.95. The molecule has 34 heavy (non-hydrogen) atoms. The summed E-state index contributed by atoms with van der Waals surface area (Å²) in [5.41, 5.74) is 7.16. The molecule has 6 rings (SSSR count). The zero-order valence-corrected chi connectivity index (χ0v) is 19.1. The van der Waals surface area contributed by atoms with Crippen molar-refractivity contribution in [3.63, 3.8) is 0 Å². The first-order chi connectivity index (χ1) is 16.6. The van der Waals surface area contributed by atoms with E-state index in [9.17, 15) is 9.59 Å². The van der Waals surface area contributed by atoms with Crippen LogP contribution in [0.1, 0.15) is 34.7 Å². The van der Waals surface area contributed by atoms with Gasteiger partial charge < -0.3 is 4.74 Å². The number of ether oxygens (including phenoxy) is 1. The van der Waals surface area contributed by atoms with Crippen molar-refractivity contribution in [3.05, 3.63) is 87.8 Å². The maximum absolute atomic E-state index is 12.4. The van der Waals surface area contributed by atoms with Crippen LogP contribution < -0.4 is 4.87 Å². The third-order valence-corrected chi connectivity index (χ3v) is 6.76. The lowest BCUT2D eigenvalue weighted by atomic mass is 9.92. The van der Waals surface area contributed by atoms with Gasteiger partial charge in [-0.15, -0.1) is 0 Å². The maximum atomic E-state index is 12.4. The Labute approximate surface area is 198 Å². The molecule has 5 aromatic rings. The first-order valence-electron chi connectivity index (χ1n) is 11.0. The molecule has 1 saturated carbocycles. The van der Waals surface area contributed by atoms with Gasteiger partial charge in [0.05, 0.1) is 23.7 Å². The molecular formula is C26H20N4O3S. The van der Waals surface area contributed by atoms with Gasteiger partial charge in [-0.1, -0.05) is 36.4 Å². The molecule has 0 bridgehead atoms. The first kappa shape index (κ1) is 20.6. The lowest BCUT2D eigenvalue weighted by Crippen LogP contribution is -2.05. The van der Waals surface area contributed by atoms with E-state index in [2.05, 4.69) is 32.5 Å². The molecule has 2 aromatic heterocycles. The number of aromatic nitrogens is 4. The molecule has 8 heteroatoms. The van der Waals surface area contributed by atoms with Gasteiger partial charge >= 0.3 is 10.8 Å². The maximum Gasteiger partial charge on any atom is 0.340 e. The highest BCUT2D eigenvalue weighted by Crippen LogP contribution is 2.46. The van der Waals surface area contributed by atoms with E-state index in [-0.39, 0.29) is 4.87 Å². The van der Waals surface area contributed by atoms with Crippen LogP contribution in [-0.4, -0.2) is 32.0 Å². The lowest BCUT2D eigenvalue weighted by molar-refractivity contribution is 0.0602. The van der Waals surface area contributed by atoms with Crippen LogP contribution in [0.4, 0.5) is 0 Å². The van der Waals surface area contributed by atoms with Crippen LogP contribution in [-0.2, 0) is 4.74 Å². The molecule has 1 fully saturated rings. The average Bonchev–Trinajstić information content (AvgIpc) is 3.49. The molecule has 7 nitrogen and oxygen atoms in total. The van der Waals surface area contributed by atoms with E-state index >= 15 is 0 Å². The number of carbonyl (C=O) groups is 1. The number of nitrogens with one attached hydrogen (secondary N) is 1. The molecule has 3 aromatic carbocycles. The van der Waals surface area contributed by atoms with Crippen molar-refractivity contribution >= 4 is 28.5 Å². The Morgan fingerprint density at radius 3 is 2.62 bits per heavy atom. The number of imidazole rings is 1. The van der Waals surface area contributed by atoms with Crippen LogP contribution in [0, 0.1) is 0 Å². The summed E-state index contributed by atoms with van der Waals surface area (Å²) in [4.78, 5) is 31.3. The van der Waals surface area contributed by atoms with Crippen LogP contribution in [0.3, 0.4) is 0 Å². The number of fused-ring (bicyclic) bond motifs is 1. The van der Waals surface area contributed by atoms with E-state index in [1.807, 2.05) is 41.0 Å². The Morgan fingerprint density at radius 2 is 1.88 bits per heavy atom. The molecule has 1 aliphatic carbocycles. The van der Waals surface area contributed by atoms with E-state index in [4.69, 9.17) is 4.74 Å². The minimum atomic E-state index is -0.391. The number of para-hydroxylation sites is 1. The molecule has 0 spiro atoms. The standard InChI is InChI=1S/C26H20N4O3S/c1-33-25(31)20-7-4-8-22-23(20)30(14-27-22)16-11-12-18(21(13-16)15-9-10-15)17-5-2-3-6-19(17)24-28-26(32)34-29-24/h2-8,11-15H,9-10H2,1H3,(H,28,29,32). The summed E-state index contributed by atoms with van der Waals surface area (Å²) >= 11 is 0.924. The second kappa shape index (κ2) is 8.07. The Balaban J connectivity index is 1.53. The lowest BCUT2D eigenvalue weighted by Gasteiger charge is -2.15. The van der Waals surface area contributed by atoms with Gasteiger partial charge in [-0.2, -0.15) is 4.37 Å². The van der Waals surface area contributed by atoms with Gasteiger partial charge in [0.15, 0.2) is 5.82 Å². The summed E-state index contributed by atoms with van der Waals surface area (Å²) in [6.45, 7) is 0. The molecule has 0 saturated heterocycles. The Morgan fingerprint density at radius 1 is 1.06 bits per heavy atom. The number of benzene rings is 3. The van der Waals surface area contributed by atoms with Gasteiger partial charge in [-0.05, 0) is 59.7 Å². The van der Waals surface area contributed by atoms with Crippen molar-refractivity contribution in [2.45, 2.75) is 18.8 Å². The van der Waals surface area contributed by atoms with Crippen molar-refractivity contribution < 1.29 is 9.53 Å². The second-order valence-corrected chi connectivity index (χ2v) is 9.05. The smallest absolute Gasteiger partial charge is 0.340 e. The van der Waals surface area contributed by atoms with E-state index in [1.54, 1.807) is 12.4 Å². The van der Waals surface area contributed by atoms with Crippen molar-refractivity contribution in [2.24, 2.45) is 0 Å². The van der Waals surface area contributed by atoms with Gasteiger partial charge in [0.2, 0.25) is 0 Å². The summed E-state index contributed by atoms with van der Waals surface area (Å²) in [6, 6.07) is 19.8. The SMILES string of the molecule is COC(=O)c1cccc2ncn(-c3ccc(-c4ccccc4-c4nsc(=O)[nH]4)c(C4CC4)c3)c12. The summed E-state index contributed by atoms with van der Waals surface area (Å²) in [7, 11) is 1.38. The molecule has 0 unspecified atom stereocenters. The van der Waals surface area contributed by atoms with E-state index in [0.717, 1.165) is 57.8 Å². The zero-order valence-electron chi connectivity index (χ0n) is 18.3. The summed E-state index contributed by atoms with van der Waals surface area (Å²) < 4.78 is 11.3. The molecule has 1 aliphatic rings. The van der Waals surface area contributed by atoms with Crippen molar-refractivity contribution in [3.8, 4) is 28.2 Å². The number of aromatic amines is 1. The highest BCUT2D eigenvalue weighted by Gasteiger charge is 2.28. The fourth-order valence-electron chi connectivity index (χ4n) is 4.48. The highest BCUT2D eigenvalue weighted by atomic mass is 32.1. The third kappa shape index (κ3) is 3.43. The minimum absolute atomic E-state index is 0.170. The number of H-pyrrole nitrogens is 1. The van der Waals surface area contributed by atoms with Crippen molar-refractivity contribution in [1.82, 2.24) is 18.9 Å². The second-order valence-electron chi connectivity index (χ2n) is 8.31. The van der Waals surface area contributed by atoms with Crippen LogP contribution >= 0.6 is 11.5 Å². The largest absolute Gasteiger partial charge is 0.465 e. The molecule has 0 radical (unpaired) electrons. The molecule has 168 valence electrons. The number of hydrogen-bond acceptors (Lipinski definition) is 6. The van der Waals surface area contributed by atoms with Gasteiger partial charge in [0.1, 0.15) is 6.33 Å². The minimum Gasteiger partial charge on any atom is -0.465 e. The van der Waals surface area contributed by atoms with Crippen molar-refractivity contribution in [1.29, 1.82) is 0 Å². The monoisotopic (exact) mass is 468 g/mol. The molecular weight excluding hydrogens is 448 g/mol. The number of methoxy groups -OCH3 is 1. The molecule has 0 atom stereocenters. The van der Waals surface area contributed by atoms with Crippen LogP contribution in [0.15, 0.2) is 71.8 Å². The zero-order chi connectivity index (χ0) is 23.2. The van der Waals surface area contributed by atoms with E-state index in [0.29, 0.717) is 17.3 Å². The Hall–Kier alpha value is -4.04. The summed E-state index contributed by atoms with van der Waals surface area (Å²) in [5, 5.41) is 0. The Kier molecular flexibility index (Phi) is 4.88. The fraction of sp³-hybridized carbons (Fsp3) is 0.154. The van der Waals surface area contributed by atoms with Gasteiger partial charge in [-0.3, -0.25) is 14.3 Å². The van der Waals surface area contributed by atoms with Gasteiger partial charge in [-0.25, -0.2) is 9.78 Å². The van der Waals surface area contributed by atoms with Crippen LogP contribution in [0.25, 0.3) is 39.2 Å². The van der Waals surface area contributed by atoms with Crippen LogP contribution in [0.2, 0.25) is 0 Å². The highest BCUT2D eigenvalue weighted by molar-refractivity contribution is 7.03. The number of hydrogen-bond donors (Lipinski definition) is 1. The molecule has 1 N–H and O–H groups in total. The number of nitrogens with zero attached hydrogens (tertiary/aromatic N) is 3. The van der Waals surface area contributed by atoms with Crippen molar-refractivity contribution in [2.75, 3.05) is 7.11 Å². The molecule has 0 amide bonds. The summed E-state index contributed by atoms with van der Waals surface area (Å²) in [6.07, 6.45) is 4.01. The van der Waals surface area contributed by atoms with Crippen LogP contribution in [0.5, 0.6) is 0 Å². The Bertz CT molecular complexity index is 1610. The quantitative estimate of drug-likeness (QED) is 0.360. The normalized spacial score (nSPS) is 13.3. The molecule has 2 heterocycles. The van der Waals surface area contributed by atoms with Gasteiger partial charge in [0.25, 0.3) is 0 Å².